The van der Waals surface area contributed by atoms with Crippen molar-refractivity contribution in [3.8, 4) is 27.3 Å². The van der Waals surface area contributed by atoms with Crippen molar-refractivity contribution in [1.29, 1.82) is 0 Å². The van der Waals surface area contributed by atoms with Crippen LogP contribution in [0.4, 0.5) is 0 Å². The Morgan fingerprint density at radius 2 is 1.57 bits per heavy atom. The Balaban J connectivity index is 1.59. The summed E-state index contributed by atoms with van der Waals surface area (Å²) in [7, 11) is -3.21. The highest BCUT2D eigenvalue weighted by atomic mass is 32.2. The van der Waals surface area contributed by atoms with Crippen molar-refractivity contribution in [2.45, 2.75) is 26.4 Å². The van der Waals surface area contributed by atoms with Gasteiger partial charge in [0.2, 0.25) is 10.0 Å². The van der Waals surface area contributed by atoms with E-state index < -0.39 is 10.0 Å². The SMILES string of the molecule is CCCS(=O)(=O)NCC(C)Oc1ccc(-c2ccc(-c3cccs3)cc2)cc1. The van der Waals surface area contributed by atoms with Crippen LogP contribution in [0.25, 0.3) is 21.6 Å². The predicted molar refractivity (Wildman–Crippen MR) is 117 cm³/mol. The minimum atomic E-state index is -3.21. The minimum absolute atomic E-state index is 0.139. The fourth-order valence-electron chi connectivity index (χ4n) is 2.85. The first-order chi connectivity index (χ1) is 13.5. The van der Waals surface area contributed by atoms with Crippen molar-refractivity contribution in [3.05, 3.63) is 66.0 Å². The van der Waals surface area contributed by atoms with Crippen molar-refractivity contribution in [2.24, 2.45) is 0 Å². The summed E-state index contributed by atoms with van der Waals surface area (Å²) in [5.41, 5.74) is 3.48. The number of hydrogen-bond donors (Lipinski definition) is 1. The van der Waals surface area contributed by atoms with Gasteiger partial charge in [-0.3, -0.25) is 0 Å². The van der Waals surface area contributed by atoms with Gasteiger partial charge in [0.15, 0.2) is 0 Å². The van der Waals surface area contributed by atoms with E-state index in [0.29, 0.717) is 6.42 Å². The molecule has 0 bridgehead atoms. The zero-order valence-corrected chi connectivity index (χ0v) is 17.7. The van der Waals surface area contributed by atoms with Crippen LogP contribution in [0.15, 0.2) is 66.0 Å². The van der Waals surface area contributed by atoms with E-state index in [1.165, 1.54) is 10.4 Å². The number of sulfonamides is 1. The molecule has 1 unspecified atom stereocenters. The fourth-order valence-corrected chi connectivity index (χ4v) is 4.76. The average molecular weight is 416 g/mol. The molecule has 3 rings (SSSR count). The summed E-state index contributed by atoms with van der Waals surface area (Å²) in [4.78, 5) is 1.26. The Bertz CT molecular complexity index is 964. The van der Waals surface area contributed by atoms with Crippen molar-refractivity contribution in [2.75, 3.05) is 12.3 Å². The van der Waals surface area contributed by atoms with Gasteiger partial charge in [-0.2, -0.15) is 0 Å². The van der Waals surface area contributed by atoms with Gasteiger partial charge in [-0.05, 0) is 53.6 Å². The molecule has 0 aliphatic heterocycles. The van der Waals surface area contributed by atoms with Crippen LogP contribution in [0.1, 0.15) is 20.3 Å². The Morgan fingerprint density at radius 3 is 2.14 bits per heavy atom. The molecule has 1 heterocycles. The summed E-state index contributed by atoms with van der Waals surface area (Å²) >= 11 is 1.73. The standard InChI is InChI=1S/C22H25NO3S2/c1-3-15-28(24,25)23-16-17(2)26-21-12-10-19(11-13-21)18-6-8-20(9-7-18)22-5-4-14-27-22/h4-14,17,23H,3,15-16H2,1-2H3. The minimum Gasteiger partial charge on any atom is -0.489 e. The topological polar surface area (TPSA) is 55.4 Å². The molecule has 6 heteroatoms. The molecule has 28 heavy (non-hydrogen) atoms. The quantitative estimate of drug-likeness (QED) is 0.524. The third-order valence-corrected chi connectivity index (χ3v) is 6.75. The van der Waals surface area contributed by atoms with Gasteiger partial charge >= 0.3 is 0 Å². The monoisotopic (exact) mass is 415 g/mol. The van der Waals surface area contributed by atoms with Gasteiger partial charge in [0.05, 0.1) is 5.75 Å². The summed E-state index contributed by atoms with van der Waals surface area (Å²) < 4.78 is 31.8. The lowest BCUT2D eigenvalue weighted by molar-refractivity contribution is 0.225. The first kappa shape index (κ1) is 20.6. The average Bonchev–Trinajstić information content (AvgIpc) is 3.22. The van der Waals surface area contributed by atoms with Gasteiger partial charge in [-0.25, -0.2) is 13.1 Å². The van der Waals surface area contributed by atoms with Crippen LogP contribution in [0.3, 0.4) is 0 Å². The number of thiophene rings is 1. The van der Waals surface area contributed by atoms with Crippen LogP contribution >= 0.6 is 11.3 Å². The second-order valence-corrected chi connectivity index (χ2v) is 9.55. The van der Waals surface area contributed by atoms with E-state index in [-0.39, 0.29) is 18.4 Å². The van der Waals surface area contributed by atoms with Gasteiger partial charge in [-0.15, -0.1) is 11.3 Å². The van der Waals surface area contributed by atoms with Crippen LogP contribution in [-0.2, 0) is 10.0 Å². The number of benzene rings is 2. The summed E-state index contributed by atoms with van der Waals surface area (Å²) in [6, 6.07) is 20.6. The van der Waals surface area contributed by atoms with E-state index in [9.17, 15) is 8.42 Å². The normalized spacial score (nSPS) is 12.6. The highest BCUT2D eigenvalue weighted by molar-refractivity contribution is 7.89. The molecule has 0 aliphatic rings. The van der Waals surface area contributed by atoms with Crippen LogP contribution in [0, 0.1) is 0 Å². The molecule has 4 nitrogen and oxygen atoms in total. The molecule has 3 aromatic rings. The Kier molecular flexibility index (Phi) is 6.88. The number of rotatable bonds is 9. The Hall–Kier alpha value is -2.15. The second-order valence-electron chi connectivity index (χ2n) is 6.67. The molecule has 0 fully saturated rings. The van der Waals surface area contributed by atoms with Crippen molar-refractivity contribution < 1.29 is 13.2 Å². The Morgan fingerprint density at radius 1 is 0.964 bits per heavy atom. The van der Waals surface area contributed by atoms with E-state index in [2.05, 4.69) is 46.5 Å². The van der Waals surface area contributed by atoms with Crippen molar-refractivity contribution >= 4 is 21.4 Å². The third-order valence-electron chi connectivity index (χ3n) is 4.28. The summed E-state index contributed by atoms with van der Waals surface area (Å²) in [6.07, 6.45) is 0.350. The maximum absolute atomic E-state index is 11.7. The molecule has 1 aromatic heterocycles. The van der Waals surface area contributed by atoms with E-state index in [4.69, 9.17) is 4.74 Å². The highest BCUT2D eigenvalue weighted by Crippen LogP contribution is 2.28. The number of nitrogens with one attached hydrogen (secondary N) is 1. The maximum Gasteiger partial charge on any atom is 0.211 e. The van der Waals surface area contributed by atoms with Gasteiger partial charge in [-0.1, -0.05) is 49.4 Å². The number of ether oxygens (including phenoxy) is 1. The van der Waals surface area contributed by atoms with E-state index in [0.717, 1.165) is 16.9 Å². The fraction of sp³-hybridized carbons (Fsp3) is 0.273. The van der Waals surface area contributed by atoms with E-state index in [1.807, 2.05) is 38.1 Å². The van der Waals surface area contributed by atoms with Crippen molar-refractivity contribution in [1.82, 2.24) is 4.72 Å². The van der Waals surface area contributed by atoms with E-state index >= 15 is 0 Å². The first-order valence-corrected chi connectivity index (χ1v) is 11.9. The smallest absolute Gasteiger partial charge is 0.211 e. The van der Waals surface area contributed by atoms with Crippen LogP contribution in [0.5, 0.6) is 5.75 Å². The summed E-state index contributed by atoms with van der Waals surface area (Å²) in [5, 5.41) is 2.08. The first-order valence-electron chi connectivity index (χ1n) is 9.35. The summed E-state index contributed by atoms with van der Waals surface area (Å²) in [6.45, 7) is 3.95. The molecule has 0 spiro atoms. The zero-order valence-electron chi connectivity index (χ0n) is 16.1. The molecule has 148 valence electrons. The van der Waals surface area contributed by atoms with Gasteiger partial charge in [0.25, 0.3) is 0 Å². The lowest BCUT2D eigenvalue weighted by Gasteiger charge is -2.16. The molecule has 1 atom stereocenters. The van der Waals surface area contributed by atoms with Gasteiger partial charge in [0.1, 0.15) is 11.9 Å². The number of hydrogen-bond acceptors (Lipinski definition) is 4. The van der Waals surface area contributed by atoms with Gasteiger partial charge in [0, 0.05) is 11.4 Å². The lowest BCUT2D eigenvalue weighted by Crippen LogP contribution is -2.34. The van der Waals surface area contributed by atoms with Crippen LogP contribution in [0.2, 0.25) is 0 Å². The second kappa shape index (κ2) is 9.37. The molecular weight excluding hydrogens is 390 g/mol. The van der Waals surface area contributed by atoms with Crippen LogP contribution < -0.4 is 9.46 Å². The van der Waals surface area contributed by atoms with Gasteiger partial charge < -0.3 is 4.74 Å². The zero-order chi connectivity index (χ0) is 20.0. The Labute approximate surface area is 171 Å². The lowest BCUT2D eigenvalue weighted by atomic mass is 10.0. The van der Waals surface area contributed by atoms with Crippen molar-refractivity contribution in [3.63, 3.8) is 0 Å². The molecule has 0 saturated carbocycles. The molecule has 2 aromatic carbocycles. The predicted octanol–water partition coefficient (Wildman–Crippen LogP) is 5.18. The molecule has 0 amide bonds. The molecule has 0 radical (unpaired) electrons. The molecule has 0 saturated heterocycles. The molecule has 0 aliphatic carbocycles. The summed E-state index contributed by atoms with van der Waals surface area (Å²) in [5.74, 6) is 0.862. The molecule has 1 N–H and O–H groups in total. The van der Waals surface area contributed by atoms with Crippen LogP contribution in [-0.4, -0.2) is 26.8 Å². The molecular formula is C22H25NO3S2. The third kappa shape index (κ3) is 5.67. The highest BCUT2D eigenvalue weighted by Gasteiger charge is 2.12. The largest absolute Gasteiger partial charge is 0.489 e. The maximum atomic E-state index is 11.7. The van der Waals surface area contributed by atoms with E-state index in [1.54, 1.807) is 11.3 Å².